The van der Waals surface area contributed by atoms with Gasteiger partial charge in [0, 0.05) is 25.2 Å². The number of fused-ring (bicyclic) bond motifs is 1. The fourth-order valence-corrected chi connectivity index (χ4v) is 4.28. The summed E-state index contributed by atoms with van der Waals surface area (Å²) in [6.45, 7) is 6.51. The van der Waals surface area contributed by atoms with Crippen LogP contribution in [-0.4, -0.2) is 79.6 Å². The first kappa shape index (κ1) is 23.5. The van der Waals surface area contributed by atoms with Gasteiger partial charge >= 0.3 is 5.97 Å². The second kappa shape index (κ2) is 10.5. The number of carbonyl (C=O) groups excluding carboxylic acids is 1. The molecule has 1 heterocycles. The normalized spacial score (nSPS) is 17.2. The van der Waals surface area contributed by atoms with E-state index in [1.165, 1.54) is 7.05 Å². The number of hydroxylamine groups is 1. The van der Waals surface area contributed by atoms with Gasteiger partial charge < -0.3 is 14.2 Å². The third kappa shape index (κ3) is 4.81. The van der Waals surface area contributed by atoms with Crippen molar-refractivity contribution in [2.75, 3.05) is 53.1 Å². The van der Waals surface area contributed by atoms with Crippen LogP contribution >= 0.6 is 0 Å². The Balaban J connectivity index is 1.69. The molecule has 0 unspecified atom stereocenters. The Hall–Kier alpha value is -3.67. The Morgan fingerprint density at radius 1 is 1.18 bits per heavy atom. The van der Waals surface area contributed by atoms with Crippen LogP contribution in [0, 0.1) is 11.3 Å². The van der Waals surface area contributed by atoms with Gasteiger partial charge in [0.25, 0.3) is 5.71 Å². The first-order valence-electron chi connectivity index (χ1n) is 11.3. The Morgan fingerprint density at radius 2 is 1.91 bits per heavy atom. The molecule has 4 rings (SSSR count). The highest BCUT2D eigenvalue weighted by atomic mass is 16.5. The second-order valence-corrected chi connectivity index (χ2v) is 8.04. The van der Waals surface area contributed by atoms with Crippen molar-refractivity contribution in [1.82, 2.24) is 4.90 Å². The van der Waals surface area contributed by atoms with E-state index in [2.05, 4.69) is 11.0 Å². The molecule has 34 heavy (non-hydrogen) atoms. The highest BCUT2D eigenvalue weighted by molar-refractivity contribution is 6.35. The average Bonchev–Trinajstić information content (AvgIpc) is 3.20. The van der Waals surface area contributed by atoms with E-state index in [0.29, 0.717) is 34.8 Å². The number of rotatable bonds is 7. The first-order chi connectivity index (χ1) is 16.5. The van der Waals surface area contributed by atoms with Crippen LogP contribution in [0.1, 0.15) is 29.2 Å². The van der Waals surface area contributed by atoms with Gasteiger partial charge in [0.05, 0.1) is 37.0 Å². The van der Waals surface area contributed by atoms with Gasteiger partial charge in [0.2, 0.25) is 0 Å². The summed E-state index contributed by atoms with van der Waals surface area (Å²) in [4.78, 5) is 15.3. The van der Waals surface area contributed by atoms with Crippen molar-refractivity contribution in [3.8, 4) is 11.8 Å². The number of morpholine rings is 1. The average molecular weight is 463 g/mol. The number of hydrogen-bond donors (Lipinski definition) is 1. The SMILES string of the molecule is CCOC(=O)C1=C(c2ccc(C#N)cc2)c2ccc(OCCN3CCOCC3)cc2/C1=[N+](/C)O. The molecule has 1 aliphatic carbocycles. The van der Waals surface area contributed by atoms with Crippen LogP contribution in [-0.2, 0) is 14.3 Å². The molecule has 1 fully saturated rings. The molecule has 8 heteroatoms. The molecule has 1 N–H and O–H groups in total. The minimum Gasteiger partial charge on any atom is -0.492 e. The number of hydrogen-bond acceptors (Lipinski definition) is 7. The molecule has 0 radical (unpaired) electrons. The summed E-state index contributed by atoms with van der Waals surface area (Å²) in [5, 5.41) is 19.7. The van der Waals surface area contributed by atoms with Crippen molar-refractivity contribution in [1.29, 1.82) is 5.26 Å². The maximum Gasteiger partial charge on any atom is 0.345 e. The van der Waals surface area contributed by atoms with Crippen molar-refractivity contribution in [2.24, 2.45) is 0 Å². The van der Waals surface area contributed by atoms with Crippen LogP contribution in [0.5, 0.6) is 5.75 Å². The van der Waals surface area contributed by atoms with Crippen LogP contribution < -0.4 is 4.74 Å². The van der Waals surface area contributed by atoms with E-state index in [-0.39, 0.29) is 12.2 Å². The number of ether oxygens (including phenoxy) is 3. The van der Waals surface area contributed by atoms with E-state index in [0.717, 1.165) is 48.7 Å². The van der Waals surface area contributed by atoms with Gasteiger partial charge in [0.1, 0.15) is 17.9 Å². The minimum absolute atomic E-state index is 0.206. The number of nitrogens with zero attached hydrogens (tertiary/aromatic N) is 3. The first-order valence-corrected chi connectivity index (χ1v) is 11.3. The lowest BCUT2D eigenvalue weighted by Gasteiger charge is -2.26. The van der Waals surface area contributed by atoms with E-state index in [4.69, 9.17) is 19.5 Å². The van der Waals surface area contributed by atoms with Crippen molar-refractivity contribution in [3.63, 3.8) is 0 Å². The third-order valence-electron chi connectivity index (χ3n) is 5.89. The van der Waals surface area contributed by atoms with Crippen LogP contribution in [0.3, 0.4) is 0 Å². The zero-order chi connectivity index (χ0) is 24.1. The predicted molar refractivity (Wildman–Crippen MR) is 125 cm³/mol. The summed E-state index contributed by atoms with van der Waals surface area (Å²) in [5.74, 6) is 0.124. The lowest BCUT2D eigenvalue weighted by molar-refractivity contribution is -0.753. The molecule has 0 bridgehead atoms. The molecule has 0 saturated carbocycles. The number of benzene rings is 2. The van der Waals surface area contributed by atoms with Gasteiger partial charge in [-0.1, -0.05) is 12.1 Å². The molecular formula is C26H28N3O5+. The minimum atomic E-state index is -0.524. The van der Waals surface area contributed by atoms with Gasteiger partial charge in [-0.25, -0.2) is 4.79 Å². The van der Waals surface area contributed by atoms with E-state index in [9.17, 15) is 10.0 Å². The van der Waals surface area contributed by atoms with Gasteiger partial charge in [0.15, 0.2) is 7.05 Å². The molecule has 2 aromatic rings. The van der Waals surface area contributed by atoms with Crippen molar-refractivity contribution < 1.29 is 29.0 Å². The second-order valence-electron chi connectivity index (χ2n) is 8.04. The predicted octanol–water partition coefficient (Wildman–Crippen LogP) is 2.47. The quantitative estimate of drug-likeness (QED) is 0.292. The van der Waals surface area contributed by atoms with E-state index in [1.807, 2.05) is 18.2 Å². The molecule has 0 atom stereocenters. The zero-order valence-electron chi connectivity index (χ0n) is 19.4. The van der Waals surface area contributed by atoms with Crippen LogP contribution in [0.15, 0.2) is 48.0 Å². The zero-order valence-corrected chi connectivity index (χ0v) is 19.4. The summed E-state index contributed by atoms with van der Waals surface area (Å²) in [6, 6.07) is 14.7. The highest BCUT2D eigenvalue weighted by Crippen LogP contribution is 2.40. The molecule has 2 aromatic carbocycles. The highest BCUT2D eigenvalue weighted by Gasteiger charge is 2.40. The Labute approximate surface area is 198 Å². The smallest absolute Gasteiger partial charge is 0.345 e. The van der Waals surface area contributed by atoms with Crippen LogP contribution in [0.2, 0.25) is 0 Å². The fraction of sp³-hybridized carbons (Fsp3) is 0.346. The Kier molecular flexibility index (Phi) is 7.26. The summed E-state index contributed by atoms with van der Waals surface area (Å²) >= 11 is 0. The maximum absolute atomic E-state index is 13.0. The fourth-order valence-electron chi connectivity index (χ4n) is 4.28. The van der Waals surface area contributed by atoms with Crippen molar-refractivity contribution >= 4 is 17.3 Å². The molecular weight excluding hydrogens is 434 g/mol. The van der Waals surface area contributed by atoms with E-state index in [1.54, 1.807) is 31.2 Å². The Bertz CT molecular complexity index is 1170. The third-order valence-corrected chi connectivity index (χ3v) is 5.89. The van der Waals surface area contributed by atoms with Gasteiger partial charge in [-0.2, -0.15) is 5.26 Å². The van der Waals surface area contributed by atoms with Crippen LogP contribution in [0.4, 0.5) is 0 Å². The lowest BCUT2D eigenvalue weighted by atomic mass is 9.96. The maximum atomic E-state index is 13.0. The van der Waals surface area contributed by atoms with Crippen molar-refractivity contribution in [3.05, 3.63) is 70.3 Å². The molecule has 2 aliphatic rings. The summed E-state index contributed by atoms with van der Waals surface area (Å²) in [7, 11) is 1.48. The molecule has 1 saturated heterocycles. The lowest BCUT2D eigenvalue weighted by Crippen LogP contribution is -2.38. The number of carbonyl (C=O) groups is 1. The summed E-state index contributed by atoms with van der Waals surface area (Å²) in [5.41, 5.74) is 4.01. The largest absolute Gasteiger partial charge is 0.492 e. The van der Waals surface area contributed by atoms with Gasteiger partial charge in [-0.05, 0) is 53.1 Å². The Morgan fingerprint density at radius 3 is 2.56 bits per heavy atom. The molecule has 1 aliphatic heterocycles. The summed E-state index contributed by atoms with van der Waals surface area (Å²) in [6.07, 6.45) is 0. The monoisotopic (exact) mass is 462 g/mol. The van der Waals surface area contributed by atoms with Crippen molar-refractivity contribution in [2.45, 2.75) is 6.92 Å². The standard InChI is InChI=1S/C26H28N3O5/c1-3-33-26(30)24-23(19-6-4-18(17-27)5-7-19)21-9-8-20(16-22(21)25(24)28(2)31)34-15-12-29-10-13-32-14-11-29/h4-9,16,31H,3,10-15H2,1-2H3/q+1/b28-25+. The number of nitriles is 1. The molecule has 0 amide bonds. The number of esters is 1. The molecule has 176 valence electrons. The molecule has 0 spiro atoms. The van der Waals surface area contributed by atoms with Gasteiger partial charge in [-0.15, -0.1) is 0 Å². The molecule has 8 nitrogen and oxygen atoms in total. The van der Waals surface area contributed by atoms with E-state index < -0.39 is 5.97 Å². The van der Waals surface area contributed by atoms with Crippen LogP contribution in [0.25, 0.3) is 5.57 Å². The van der Waals surface area contributed by atoms with E-state index >= 15 is 0 Å². The summed E-state index contributed by atoms with van der Waals surface area (Å²) < 4.78 is 17.7. The topological polar surface area (TPSA) is 95.0 Å². The molecule has 0 aromatic heterocycles. The van der Waals surface area contributed by atoms with Gasteiger partial charge in [-0.3, -0.25) is 10.1 Å².